The summed E-state index contributed by atoms with van der Waals surface area (Å²) in [6, 6.07) is 0. The van der Waals surface area contributed by atoms with Gasteiger partial charge < -0.3 is 9.47 Å². The van der Waals surface area contributed by atoms with Gasteiger partial charge in [-0.1, -0.05) is 20.8 Å². The molecule has 0 aromatic heterocycles. The van der Waals surface area contributed by atoms with Gasteiger partial charge in [-0.05, 0) is 29.9 Å². The molecule has 1 heterocycles. The Kier molecular flexibility index (Phi) is 5.44. The van der Waals surface area contributed by atoms with Crippen molar-refractivity contribution in [3.8, 4) is 0 Å². The lowest BCUT2D eigenvalue weighted by molar-refractivity contribution is -0.00556. The number of thiol groups is 1. The second-order valence-electron chi connectivity index (χ2n) is 5.42. The Bertz CT molecular complexity index is 171. The van der Waals surface area contributed by atoms with Crippen LogP contribution in [0.25, 0.3) is 0 Å². The zero-order chi connectivity index (χ0) is 11.3. The quantitative estimate of drug-likeness (QED) is 0.735. The summed E-state index contributed by atoms with van der Waals surface area (Å²) >= 11 is 4.38. The molecule has 2 atom stereocenters. The maximum absolute atomic E-state index is 5.72. The number of rotatable bonds is 5. The minimum absolute atomic E-state index is 0.276. The first kappa shape index (κ1) is 13.3. The van der Waals surface area contributed by atoms with Crippen molar-refractivity contribution in [2.45, 2.75) is 39.7 Å². The molecule has 0 bridgehead atoms. The van der Waals surface area contributed by atoms with Crippen LogP contribution in [0.2, 0.25) is 0 Å². The first-order valence-electron chi connectivity index (χ1n) is 5.84. The summed E-state index contributed by atoms with van der Waals surface area (Å²) in [6.45, 7) is 9.17. The van der Waals surface area contributed by atoms with E-state index in [1.54, 1.807) is 0 Å². The van der Waals surface area contributed by atoms with Crippen molar-refractivity contribution in [3.63, 3.8) is 0 Å². The van der Waals surface area contributed by atoms with Gasteiger partial charge in [0, 0.05) is 6.61 Å². The molecule has 0 aliphatic carbocycles. The summed E-state index contributed by atoms with van der Waals surface area (Å²) in [5.74, 6) is 1.40. The van der Waals surface area contributed by atoms with E-state index in [4.69, 9.17) is 9.47 Å². The van der Waals surface area contributed by atoms with Crippen LogP contribution >= 0.6 is 12.6 Å². The second-order valence-corrected chi connectivity index (χ2v) is 5.78. The number of hydrogen-bond donors (Lipinski definition) is 1. The Balaban J connectivity index is 2.16. The highest BCUT2D eigenvalue weighted by molar-refractivity contribution is 7.80. The summed E-state index contributed by atoms with van der Waals surface area (Å²) in [7, 11) is 0. The highest BCUT2D eigenvalue weighted by Gasteiger charge is 2.24. The third-order valence-corrected chi connectivity index (χ3v) is 3.53. The molecule has 1 rings (SSSR count). The highest BCUT2D eigenvalue weighted by atomic mass is 32.1. The normalized spacial score (nSPS) is 24.4. The van der Waals surface area contributed by atoms with Gasteiger partial charge in [0.05, 0.1) is 19.3 Å². The Morgan fingerprint density at radius 3 is 2.67 bits per heavy atom. The molecule has 0 aromatic rings. The lowest BCUT2D eigenvalue weighted by atomic mass is 9.82. The van der Waals surface area contributed by atoms with Gasteiger partial charge in [-0.3, -0.25) is 0 Å². The van der Waals surface area contributed by atoms with Crippen LogP contribution < -0.4 is 0 Å². The van der Waals surface area contributed by atoms with E-state index >= 15 is 0 Å². The van der Waals surface area contributed by atoms with Crippen molar-refractivity contribution in [2.75, 3.05) is 25.6 Å². The van der Waals surface area contributed by atoms with Crippen molar-refractivity contribution in [2.24, 2.45) is 11.3 Å². The molecule has 0 spiro atoms. The maximum Gasteiger partial charge on any atom is 0.0809 e. The molecule has 1 saturated heterocycles. The fourth-order valence-electron chi connectivity index (χ4n) is 1.69. The van der Waals surface area contributed by atoms with Crippen LogP contribution in [0, 0.1) is 11.3 Å². The molecule has 0 radical (unpaired) electrons. The standard InChI is InChI=1S/C12H24O2S/c1-12(2,3)10(9-15)7-13-8-11-5-4-6-14-11/h10-11,15H,4-9H2,1-3H3. The van der Waals surface area contributed by atoms with Crippen LogP contribution in [0.4, 0.5) is 0 Å². The average Bonchev–Trinajstić information content (AvgIpc) is 2.62. The van der Waals surface area contributed by atoms with Crippen LogP contribution in [-0.2, 0) is 9.47 Å². The van der Waals surface area contributed by atoms with Crippen molar-refractivity contribution in [3.05, 3.63) is 0 Å². The Labute approximate surface area is 99.1 Å². The van der Waals surface area contributed by atoms with Crippen molar-refractivity contribution in [1.29, 1.82) is 0 Å². The molecule has 1 aliphatic heterocycles. The molecular formula is C12H24O2S. The molecule has 2 nitrogen and oxygen atoms in total. The Morgan fingerprint density at radius 1 is 1.47 bits per heavy atom. The van der Waals surface area contributed by atoms with Gasteiger partial charge >= 0.3 is 0 Å². The van der Waals surface area contributed by atoms with Crippen molar-refractivity contribution < 1.29 is 9.47 Å². The first-order chi connectivity index (χ1) is 7.04. The van der Waals surface area contributed by atoms with E-state index in [0.29, 0.717) is 12.0 Å². The Hall–Kier alpha value is 0.270. The molecule has 0 amide bonds. The van der Waals surface area contributed by atoms with Crippen LogP contribution in [-0.4, -0.2) is 31.7 Å². The molecule has 1 fully saturated rings. The summed E-state index contributed by atoms with van der Waals surface area (Å²) in [5, 5.41) is 0. The monoisotopic (exact) mass is 232 g/mol. The predicted octanol–water partition coefficient (Wildman–Crippen LogP) is 2.77. The van der Waals surface area contributed by atoms with Gasteiger partial charge in [0.1, 0.15) is 0 Å². The maximum atomic E-state index is 5.72. The van der Waals surface area contributed by atoms with Gasteiger partial charge in [0.2, 0.25) is 0 Å². The largest absolute Gasteiger partial charge is 0.378 e. The van der Waals surface area contributed by atoms with Crippen LogP contribution in [0.15, 0.2) is 0 Å². The zero-order valence-corrected chi connectivity index (χ0v) is 11.1. The minimum Gasteiger partial charge on any atom is -0.378 e. The zero-order valence-electron chi connectivity index (χ0n) is 10.2. The summed E-state index contributed by atoms with van der Waals surface area (Å²) in [6.07, 6.45) is 2.68. The summed E-state index contributed by atoms with van der Waals surface area (Å²) in [4.78, 5) is 0. The van der Waals surface area contributed by atoms with Crippen LogP contribution in [0.1, 0.15) is 33.6 Å². The molecule has 0 saturated carbocycles. The molecular weight excluding hydrogens is 208 g/mol. The van der Waals surface area contributed by atoms with E-state index in [0.717, 1.165) is 32.0 Å². The molecule has 90 valence electrons. The first-order valence-corrected chi connectivity index (χ1v) is 6.47. The summed E-state index contributed by atoms with van der Waals surface area (Å²) in [5.41, 5.74) is 0.276. The van der Waals surface area contributed by atoms with E-state index in [1.165, 1.54) is 6.42 Å². The van der Waals surface area contributed by atoms with Gasteiger partial charge in [-0.15, -0.1) is 0 Å². The Morgan fingerprint density at radius 2 is 2.20 bits per heavy atom. The topological polar surface area (TPSA) is 18.5 Å². The number of ether oxygens (including phenoxy) is 2. The third kappa shape index (κ3) is 4.75. The van der Waals surface area contributed by atoms with Gasteiger partial charge in [0.15, 0.2) is 0 Å². The minimum atomic E-state index is 0.276. The molecule has 1 aliphatic rings. The van der Waals surface area contributed by atoms with E-state index in [2.05, 4.69) is 33.4 Å². The van der Waals surface area contributed by atoms with E-state index < -0.39 is 0 Å². The van der Waals surface area contributed by atoms with Gasteiger partial charge in [0.25, 0.3) is 0 Å². The molecule has 0 N–H and O–H groups in total. The van der Waals surface area contributed by atoms with Crippen molar-refractivity contribution in [1.82, 2.24) is 0 Å². The van der Waals surface area contributed by atoms with Gasteiger partial charge in [-0.25, -0.2) is 0 Å². The van der Waals surface area contributed by atoms with E-state index in [1.807, 2.05) is 0 Å². The lowest BCUT2D eigenvalue weighted by Crippen LogP contribution is -2.28. The summed E-state index contributed by atoms with van der Waals surface area (Å²) < 4.78 is 11.2. The molecule has 0 aromatic carbocycles. The molecule has 15 heavy (non-hydrogen) atoms. The van der Waals surface area contributed by atoms with Crippen molar-refractivity contribution >= 4 is 12.6 Å². The molecule has 3 heteroatoms. The van der Waals surface area contributed by atoms with Gasteiger partial charge in [-0.2, -0.15) is 12.6 Å². The molecule has 2 unspecified atom stereocenters. The second kappa shape index (κ2) is 6.12. The smallest absolute Gasteiger partial charge is 0.0809 e. The fourth-order valence-corrected chi connectivity index (χ4v) is 2.35. The van der Waals surface area contributed by atoms with E-state index in [9.17, 15) is 0 Å². The lowest BCUT2D eigenvalue weighted by Gasteiger charge is -2.29. The number of hydrogen-bond acceptors (Lipinski definition) is 3. The third-order valence-electron chi connectivity index (χ3n) is 3.09. The SMILES string of the molecule is CC(C)(C)C(CS)COCC1CCCO1. The predicted molar refractivity (Wildman–Crippen MR) is 66.6 cm³/mol. The fraction of sp³-hybridized carbons (Fsp3) is 1.00. The highest BCUT2D eigenvalue weighted by Crippen LogP contribution is 2.27. The van der Waals surface area contributed by atoms with E-state index in [-0.39, 0.29) is 5.41 Å². The van der Waals surface area contributed by atoms with Crippen LogP contribution in [0.3, 0.4) is 0 Å². The average molecular weight is 232 g/mol. The van der Waals surface area contributed by atoms with Crippen LogP contribution in [0.5, 0.6) is 0 Å².